The maximum absolute atomic E-state index is 13.5. The Kier molecular flexibility index (Phi) is 7.27. The molecule has 11 heteroatoms. The third kappa shape index (κ3) is 4.89. The Morgan fingerprint density at radius 3 is 2.59 bits per heavy atom. The van der Waals surface area contributed by atoms with Crippen LogP contribution in [0.5, 0.6) is 0 Å². The first-order valence-corrected chi connectivity index (χ1v) is 12.6. The van der Waals surface area contributed by atoms with E-state index in [9.17, 15) is 12.8 Å². The molecule has 0 bridgehead atoms. The Morgan fingerprint density at radius 2 is 1.88 bits per heavy atom. The van der Waals surface area contributed by atoms with Crippen LogP contribution in [0.1, 0.15) is 0 Å². The Morgan fingerprint density at radius 1 is 1.12 bits per heavy atom. The first-order valence-electron chi connectivity index (χ1n) is 9.78. The molecule has 1 fully saturated rings. The van der Waals surface area contributed by atoms with Gasteiger partial charge in [-0.2, -0.15) is 4.31 Å². The predicted molar refractivity (Wildman–Crippen MR) is 122 cm³/mol. The number of rotatable bonds is 7. The molecule has 2 aromatic carbocycles. The summed E-state index contributed by atoms with van der Waals surface area (Å²) in [6, 6.07) is 12.5. The van der Waals surface area contributed by atoms with E-state index in [1.165, 1.54) is 33.7 Å². The van der Waals surface area contributed by atoms with Crippen LogP contribution in [0.4, 0.5) is 4.39 Å². The molecule has 0 N–H and O–H groups in total. The highest BCUT2D eigenvalue weighted by molar-refractivity contribution is 7.99. The van der Waals surface area contributed by atoms with E-state index in [0.29, 0.717) is 54.3 Å². The molecule has 168 valence electrons. The fourth-order valence-corrected chi connectivity index (χ4v) is 5.67. The minimum Gasteiger partial charge on any atom is -0.379 e. The van der Waals surface area contributed by atoms with Crippen LogP contribution < -0.4 is 0 Å². The van der Waals surface area contributed by atoms with Crippen LogP contribution >= 0.6 is 23.4 Å². The Bertz CT molecular complexity index is 1210. The first-order chi connectivity index (χ1) is 15.5. The summed E-state index contributed by atoms with van der Waals surface area (Å²) in [5.41, 5.74) is 2.66. The van der Waals surface area contributed by atoms with Gasteiger partial charge in [0.1, 0.15) is 5.82 Å². The number of ether oxygens (including phenoxy) is 1. The summed E-state index contributed by atoms with van der Waals surface area (Å²) < 4.78 is 48.2. The molecule has 32 heavy (non-hydrogen) atoms. The Balaban J connectivity index is 1.76. The second-order valence-electron chi connectivity index (χ2n) is 6.83. The molecule has 0 radical (unpaired) electrons. The summed E-state index contributed by atoms with van der Waals surface area (Å²) in [6.45, 7) is 1.37. The highest BCUT2D eigenvalue weighted by atomic mass is 35.5. The van der Waals surface area contributed by atoms with E-state index in [4.69, 9.17) is 16.3 Å². The molecule has 2 heterocycles. The highest BCUT2D eigenvalue weighted by Gasteiger charge is 2.27. The molecule has 3 aromatic rings. The van der Waals surface area contributed by atoms with Crippen LogP contribution in [-0.4, -0.2) is 59.5 Å². The van der Waals surface area contributed by atoms with Gasteiger partial charge in [0.25, 0.3) is 0 Å². The van der Waals surface area contributed by atoms with E-state index in [2.05, 4.69) is 10.2 Å². The van der Waals surface area contributed by atoms with Crippen LogP contribution in [0, 0.1) is 5.82 Å². The van der Waals surface area contributed by atoms with E-state index in [1.54, 1.807) is 47.0 Å². The van der Waals surface area contributed by atoms with Crippen LogP contribution in [0.2, 0.25) is 0 Å². The number of hydrogen-bond donors (Lipinski definition) is 0. The number of hydrogen-bond acceptors (Lipinski definition) is 6. The SMILES string of the molecule is O=S(=O)(c1cccc(-c2nnc(SC/C=C/Cl)n2-c2ccc(F)cc2)c1)N1CCOCC1. The average molecular weight is 495 g/mol. The van der Waals surface area contributed by atoms with Crippen molar-refractivity contribution >= 4 is 33.4 Å². The molecule has 1 saturated heterocycles. The summed E-state index contributed by atoms with van der Waals surface area (Å²) in [4.78, 5) is 0.171. The van der Waals surface area contributed by atoms with Crippen molar-refractivity contribution in [3.05, 3.63) is 66.0 Å². The Hall–Kier alpha value is -2.24. The van der Waals surface area contributed by atoms with Crippen LogP contribution in [0.25, 0.3) is 17.1 Å². The molecule has 0 amide bonds. The first kappa shape index (κ1) is 22.9. The number of benzene rings is 2. The molecule has 1 aliphatic rings. The quantitative estimate of drug-likeness (QED) is 0.463. The molecular formula is C21H20ClFN4O3S2. The summed E-state index contributed by atoms with van der Waals surface area (Å²) >= 11 is 7.02. The zero-order valence-corrected chi connectivity index (χ0v) is 19.3. The zero-order valence-electron chi connectivity index (χ0n) is 16.9. The van der Waals surface area contributed by atoms with E-state index in [0.717, 1.165) is 0 Å². The molecule has 4 rings (SSSR count). The van der Waals surface area contributed by atoms with Crippen molar-refractivity contribution in [2.75, 3.05) is 32.1 Å². The van der Waals surface area contributed by atoms with Crippen LogP contribution in [-0.2, 0) is 14.8 Å². The fourth-order valence-electron chi connectivity index (χ4n) is 3.26. The van der Waals surface area contributed by atoms with Gasteiger partial charge in [-0.3, -0.25) is 4.57 Å². The van der Waals surface area contributed by atoms with Gasteiger partial charge in [0.15, 0.2) is 11.0 Å². The molecule has 1 aliphatic heterocycles. The summed E-state index contributed by atoms with van der Waals surface area (Å²) in [5.74, 6) is 0.656. The average Bonchev–Trinajstić information content (AvgIpc) is 3.24. The summed E-state index contributed by atoms with van der Waals surface area (Å²) in [5, 5.41) is 9.16. The molecule has 1 aromatic heterocycles. The van der Waals surface area contributed by atoms with Gasteiger partial charge < -0.3 is 4.74 Å². The molecular weight excluding hydrogens is 475 g/mol. The van der Waals surface area contributed by atoms with Crippen molar-refractivity contribution in [2.45, 2.75) is 10.1 Å². The predicted octanol–water partition coefficient (Wildman–Crippen LogP) is 3.94. The van der Waals surface area contributed by atoms with Gasteiger partial charge in [0.05, 0.1) is 18.1 Å². The van der Waals surface area contributed by atoms with Gasteiger partial charge in [-0.25, -0.2) is 12.8 Å². The third-order valence-corrected chi connectivity index (χ3v) is 7.77. The van der Waals surface area contributed by atoms with Crippen molar-refractivity contribution < 1.29 is 17.5 Å². The standard InChI is InChI=1S/C21H20ClFN4O3S2/c22-9-2-14-31-21-25-24-20(27(21)18-7-5-17(23)6-8-18)16-3-1-4-19(15-16)32(28,29)26-10-12-30-13-11-26/h1-9,15H,10-14H2/b9-2+. The zero-order chi connectivity index (χ0) is 22.6. The maximum atomic E-state index is 13.5. The summed E-state index contributed by atoms with van der Waals surface area (Å²) in [7, 11) is -3.67. The minimum atomic E-state index is -3.67. The normalized spacial score (nSPS) is 15.4. The van der Waals surface area contributed by atoms with Crippen molar-refractivity contribution in [1.82, 2.24) is 19.1 Å². The molecule has 0 saturated carbocycles. The largest absolute Gasteiger partial charge is 0.379 e. The lowest BCUT2D eigenvalue weighted by Gasteiger charge is -2.26. The van der Waals surface area contributed by atoms with E-state index in [-0.39, 0.29) is 10.7 Å². The van der Waals surface area contributed by atoms with Crippen LogP contribution in [0.3, 0.4) is 0 Å². The van der Waals surface area contributed by atoms with Crippen LogP contribution in [0.15, 0.2) is 70.2 Å². The van der Waals surface area contributed by atoms with Gasteiger partial charge >= 0.3 is 0 Å². The molecule has 7 nitrogen and oxygen atoms in total. The highest BCUT2D eigenvalue weighted by Crippen LogP contribution is 2.30. The van der Waals surface area contributed by atoms with E-state index >= 15 is 0 Å². The minimum absolute atomic E-state index is 0.171. The van der Waals surface area contributed by atoms with E-state index < -0.39 is 10.0 Å². The van der Waals surface area contributed by atoms with Crippen molar-refractivity contribution in [3.63, 3.8) is 0 Å². The molecule has 0 aliphatic carbocycles. The monoisotopic (exact) mass is 494 g/mol. The smallest absolute Gasteiger partial charge is 0.243 e. The van der Waals surface area contributed by atoms with Crippen molar-refractivity contribution in [3.8, 4) is 17.1 Å². The van der Waals surface area contributed by atoms with Crippen molar-refractivity contribution in [1.29, 1.82) is 0 Å². The number of morpholine rings is 1. The van der Waals surface area contributed by atoms with Crippen molar-refractivity contribution in [2.24, 2.45) is 0 Å². The maximum Gasteiger partial charge on any atom is 0.243 e. The number of aromatic nitrogens is 3. The third-order valence-electron chi connectivity index (χ3n) is 4.82. The fraction of sp³-hybridized carbons (Fsp3) is 0.238. The van der Waals surface area contributed by atoms with Gasteiger partial charge in [-0.05, 0) is 36.4 Å². The number of thioether (sulfide) groups is 1. The second kappa shape index (κ2) is 10.1. The van der Waals surface area contributed by atoms with Gasteiger partial charge in [-0.1, -0.05) is 41.6 Å². The number of sulfonamides is 1. The number of halogens is 2. The molecule has 0 unspecified atom stereocenters. The Labute approximate surface area is 194 Å². The van der Waals surface area contributed by atoms with Gasteiger partial charge in [0.2, 0.25) is 10.0 Å². The lowest BCUT2D eigenvalue weighted by atomic mass is 10.2. The number of nitrogens with zero attached hydrogens (tertiary/aromatic N) is 4. The lowest BCUT2D eigenvalue weighted by Crippen LogP contribution is -2.40. The molecule has 0 spiro atoms. The van der Waals surface area contributed by atoms with Gasteiger partial charge in [-0.15, -0.1) is 10.2 Å². The summed E-state index contributed by atoms with van der Waals surface area (Å²) in [6.07, 6.45) is 1.77. The van der Waals surface area contributed by atoms with E-state index in [1.807, 2.05) is 0 Å². The lowest BCUT2D eigenvalue weighted by molar-refractivity contribution is 0.0730. The topological polar surface area (TPSA) is 77.3 Å². The van der Waals surface area contributed by atoms with Gasteiger partial charge in [0, 0.05) is 35.6 Å². The molecule has 0 atom stereocenters. The second-order valence-corrected chi connectivity index (χ2v) is 10.0.